The molecule has 1 saturated heterocycles. The van der Waals surface area contributed by atoms with Gasteiger partial charge in [-0.3, -0.25) is 9.69 Å². The van der Waals surface area contributed by atoms with Crippen molar-refractivity contribution in [3.63, 3.8) is 0 Å². The highest BCUT2D eigenvalue weighted by Crippen LogP contribution is 2.20. The van der Waals surface area contributed by atoms with E-state index in [1.165, 1.54) is 0 Å². The number of aromatic nitrogens is 3. The van der Waals surface area contributed by atoms with Gasteiger partial charge in [0.15, 0.2) is 11.6 Å². The van der Waals surface area contributed by atoms with Crippen LogP contribution >= 0.6 is 0 Å². The predicted octanol–water partition coefficient (Wildman–Crippen LogP) is 1.30. The lowest BCUT2D eigenvalue weighted by molar-refractivity contribution is -0.131. The maximum atomic E-state index is 12.0. The molecular weight excluding hydrogens is 298 g/mol. The highest BCUT2D eigenvalue weighted by molar-refractivity contribution is 5.73. The van der Waals surface area contributed by atoms with E-state index >= 15 is 0 Å². The van der Waals surface area contributed by atoms with E-state index in [0.717, 1.165) is 31.0 Å². The fourth-order valence-electron chi connectivity index (χ4n) is 2.98. The van der Waals surface area contributed by atoms with Crippen LogP contribution in [0.15, 0.2) is 15.1 Å². The molecule has 0 N–H and O–H groups in total. The van der Waals surface area contributed by atoms with Gasteiger partial charge in [0.25, 0.3) is 0 Å². The molecule has 2 aromatic heterocycles. The maximum absolute atomic E-state index is 12.0. The van der Waals surface area contributed by atoms with Gasteiger partial charge in [0.1, 0.15) is 0 Å². The standard InChI is InChI=1S/C15H21N5O3/c1-10-6-14(23-17-10)8-19-5-4-13(7-19)20(12(3)21)9-15-16-11(2)22-18-15/h6,13H,4-5,7-9H2,1-3H3. The van der Waals surface area contributed by atoms with Crippen molar-refractivity contribution in [3.05, 3.63) is 29.2 Å². The molecule has 1 aliphatic rings. The minimum absolute atomic E-state index is 0.0230. The second kappa shape index (κ2) is 6.49. The first-order chi connectivity index (χ1) is 11.0. The van der Waals surface area contributed by atoms with Crippen LogP contribution < -0.4 is 0 Å². The largest absolute Gasteiger partial charge is 0.360 e. The van der Waals surface area contributed by atoms with Gasteiger partial charge in [-0.05, 0) is 13.3 Å². The lowest BCUT2D eigenvalue weighted by Gasteiger charge is -2.26. The van der Waals surface area contributed by atoms with Gasteiger partial charge in [0.2, 0.25) is 11.8 Å². The number of aryl methyl sites for hydroxylation is 2. The first-order valence-corrected chi connectivity index (χ1v) is 7.72. The Kier molecular flexibility index (Phi) is 4.42. The minimum Gasteiger partial charge on any atom is -0.360 e. The zero-order chi connectivity index (χ0) is 16.4. The summed E-state index contributed by atoms with van der Waals surface area (Å²) in [4.78, 5) is 20.3. The van der Waals surface area contributed by atoms with E-state index < -0.39 is 0 Å². The van der Waals surface area contributed by atoms with E-state index in [2.05, 4.69) is 20.2 Å². The van der Waals surface area contributed by atoms with E-state index in [1.54, 1.807) is 13.8 Å². The van der Waals surface area contributed by atoms with Gasteiger partial charge in [0, 0.05) is 39.0 Å². The first-order valence-electron chi connectivity index (χ1n) is 7.72. The third kappa shape index (κ3) is 3.76. The van der Waals surface area contributed by atoms with Crippen molar-refractivity contribution in [1.82, 2.24) is 25.1 Å². The summed E-state index contributed by atoms with van der Waals surface area (Å²) in [7, 11) is 0. The molecule has 0 bridgehead atoms. The van der Waals surface area contributed by atoms with Gasteiger partial charge in [0.05, 0.1) is 18.8 Å². The molecule has 23 heavy (non-hydrogen) atoms. The van der Waals surface area contributed by atoms with Crippen LogP contribution in [0, 0.1) is 13.8 Å². The summed E-state index contributed by atoms with van der Waals surface area (Å²) in [5, 5.41) is 7.79. The van der Waals surface area contributed by atoms with Crippen LogP contribution in [0.4, 0.5) is 0 Å². The Labute approximate surface area is 134 Å². The molecule has 2 aromatic rings. The van der Waals surface area contributed by atoms with Gasteiger partial charge in [-0.1, -0.05) is 10.3 Å². The maximum Gasteiger partial charge on any atom is 0.223 e. The Morgan fingerprint density at radius 1 is 1.39 bits per heavy atom. The molecule has 3 rings (SSSR count). The molecule has 1 unspecified atom stereocenters. The SMILES string of the molecule is CC(=O)N(Cc1noc(C)n1)C1CCN(Cc2cc(C)no2)C1. The Morgan fingerprint density at radius 3 is 2.83 bits per heavy atom. The molecule has 8 heteroatoms. The van der Waals surface area contributed by atoms with Crippen molar-refractivity contribution in [2.75, 3.05) is 13.1 Å². The molecule has 1 atom stereocenters. The third-order valence-corrected chi connectivity index (χ3v) is 4.03. The molecule has 1 fully saturated rings. The van der Waals surface area contributed by atoms with Crippen LogP contribution in [0.5, 0.6) is 0 Å². The van der Waals surface area contributed by atoms with Gasteiger partial charge < -0.3 is 13.9 Å². The molecule has 0 saturated carbocycles. The fraction of sp³-hybridized carbons (Fsp3) is 0.600. The van der Waals surface area contributed by atoms with Gasteiger partial charge in [-0.2, -0.15) is 4.98 Å². The molecule has 0 spiro atoms. The molecule has 0 aromatic carbocycles. The highest BCUT2D eigenvalue weighted by Gasteiger charge is 2.30. The van der Waals surface area contributed by atoms with E-state index in [4.69, 9.17) is 9.05 Å². The fourth-order valence-corrected chi connectivity index (χ4v) is 2.98. The third-order valence-electron chi connectivity index (χ3n) is 4.03. The quantitative estimate of drug-likeness (QED) is 0.820. The number of hydrogen-bond acceptors (Lipinski definition) is 7. The Bertz CT molecular complexity index is 680. The van der Waals surface area contributed by atoms with Crippen LogP contribution in [0.25, 0.3) is 0 Å². The number of hydrogen-bond donors (Lipinski definition) is 0. The molecule has 0 radical (unpaired) electrons. The summed E-state index contributed by atoms with van der Waals surface area (Å²) in [6.45, 7) is 8.04. The zero-order valence-electron chi connectivity index (χ0n) is 13.7. The molecular formula is C15H21N5O3. The second-order valence-corrected chi connectivity index (χ2v) is 5.99. The molecule has 0 aliphatic carbocycles. The smallest absolute Gasteiger partial charge is 0.223 e. The molecule has 1 aliphatic heterocycles. The van der Waals surface area contributed by atoms with Gasteiger partial charge in [-0.15, -0.1) is 0 Å². The summed E-state index contributed by atoms with van der Waals surface area (Å²) in [6, 6.07) is 2.09. The van der Waals surface area contributed by atoms with Crippen molar-refractivity contribution in [2.24, 2.45) is 0 Å². The van der Waals surface area contributed by atoms with E-state index in [9.17, 15) is 4.79 Å². The van der Waals surface area contributed by atoms with Gasteiger partial charge >= 0.3 is 0 Å². The molecule has 3 heterocycles. The minimum atomic E-state index is 0.0230. The Balaban J connectivity index is 1.61. The summed E-state index contributed by atoms with van der Waals surface area (Å²) < 4.78 is 10.2. The summed E-state index contributed by atoms with van der Waals surface area (Å²) in [6.07, 6.45) is 0.920. The van der Waals surface area contributed by atoms with E-state index in [-0.39, 0.29) is 11.9 Å². The van der Waals surface area contributed by atoms with Crippen molar-refractivity contribution in [2.45, 2.75) is 46.3 Å². The predicted molar refractivity (Wildman–Crippen MR) is 80.2 cm³/mol. The zero-order valence-corrected chi connectivity index (χ0v) is 13.7. The molecule has 124 valence electrons. The van der Waals surface area contributed by atoms with Crippen LogP contribution in [0.3, 0.4) is 0 Å². The van der Waals surface area contributed by atoms with Crippen molar-refractivity contribution < 1.29 is 13.8 Å². The van der Waals surface area contributed by atoms with Crippen LogP contribution in [-0.2, 0) is 17.9 Å². The number of likely N-dealkylation sites (tertiary alicyclic amines) is 1. The Morgan fingerprint density at radius 2 is 2.22 bits per heavy atom. The normalized spacial score (nSPS) is 18.5. The van der Waals surface area contributed by atoms with Crippen molar-refractivity contribution in [3.8, 4) is 0 Å². The van der Waals surface area contributed by atoms with Crippen molar-refractivity contribution in [1.29, 1.82) is 0 Å². The number of carbonyl (C=O) groups excluding carboxylic acids is 1. The molecule has 1 amide bonds. The lowest BCUT2D eigenvalue weighted by Crippen LogP contribution is -2.40. The number of amides is 1. The summed E-state index contributed by atoms with van der Waals surface area (Å²) in [5.74, 6) is 1.93. The van der Waals surface area contributed by atoms with Crippen LogP contribution in [0.2, 0.25) is 0 Å². The summed E-state index contributed by atoms with van der Waals surface area (Å²) in [5.41, 5.74) is 0.883. The van der Waals surface area contributed by atoms with Crippen molar-refractivity contribution >= 4 is 5.91 Å². The summed E-state index contributed by atoms with van der Waals surface area (Å²) >= 11 is 0. The van der Waals surface area contributed by atoms with Crippen LogP contribution in [-0.4, -0.2) is 50.1 Å². The average molecular weight is 319 g/mol. The number of rotatable bonds is 5. The molecule has 8 nitrogen and oxygen atoms in total. The number of carbonyl (C=O) groups is 1. The Hall–Kier alpha value is -2.22. The lowest BCUT2D eigenvalue weighted by atomic mass is 10.2. The van der Waals surface area contributed by atoms with E-state index in [0.29, 0.717) is 24.8 Å². The topological polar surface area (TPSA) is 88.5 Å². The number of nitrogens with zero attached hydrogens (tertiary/aromatic N) is 5. The monoisotopic (exact) mass is 319 g/mol. The van der Waals surface area contributed by atoms with Crippen LogP contribution in [0.1, 0.15) is 36.5 Å². The highest BCUT2D eigenvalue weighted by atomic mass is 16.5. The van der Waals surface area contributed by atoms with E-state index in [1.807, 2.05) is 17.9 Å². The first kappa shape index (κ1) is 15.7. The second-order valence-electron chi connectivity index (χ2n) is 5.99. The van der Waals surface area contributed by atoms with Gasteiger partial charge in [-0.25, -0.2) is 0 Å². The average Bonchev–Trinajstić information content (AvgIpc) is 3.19.